The lowest BCUT2D eigenvalue weighted by molar-refractivity contribution is 0.124. The van der Waals surface area contributed by atoms with E-state index < -0.39 is 0 Å². The van der Waals surface area contributed by atoms with Crippen LogP contribution in [0.15, 0.2) is 53.6 Å². The fourth-order valence-electron chi connectivity index (χ4n) is 3.51. The molecule has 1 saturated heterocycles. The molecule has 25 heavy (non-hydrogen) atoms. The van der Waals surface area contributed by atoms with Crippen molar-refractivity contribution in [2.75, 3.05) is 6.54 Å². The average Bonchev–Trinajstić information content (AvgIpc) is 3.34. The predicted molar refractivity (Wildman–Crippen MR) is 94.6 cm³/mol. The van der Waals surface area contributed by atoms with Crippen LogP contribution in [0.1, 0.15) is 31.5 Å². The zero-order chi connectivity index (χ0) is 16.9. The molecule has 1 fully saturated rings. The number of imidazole rings is 1. The zero-order valence-corrected chi connectivity index (χ0v) is 14.3. The second-order valence-electron chi connectivity index (χ2n) is 6.59. The van der Waals surface area contributed by atoms with Crippen molar-refractivity contribution >= 4 is 0 Å². The summed E-state index contributed by atoms with van der Waals surface area (Å²) < 4.78 is 7.59. The van der Waals surface area contributed by atoms with Crippen molar-refractivity contribution in [2.24, 2.45) is 0 Å². The van der Waals surface area contributed by atoms with Gasteiger partial charge in [0, 0.05) is 30.5 Å². The highest BCUT2D eigenvalue weighted by molar-refractivity contribution is 5.51. The number of nitrogens with zero attached hydrogens (tertiary/aromatic N) is 5. The van der Waals surface area contributed by atoms with Crippen molar-refractivity contribution < 1.29 is 4.52 Å². The van der Waals surface area contributed by atoms with Gasteiger partial charge in [-0.1, -0.05) is 29.8 Å². The quantitative estimate of drug-likeness (QED) is 0.690. The second kappa shape index (κ2) is 7.61. The van der Waals surface area contributed by atoms with Crippen LogP contribution in [-0.2, 0) is 13.1 Å². The van der Waals surface area contributed by atoms with Gasteiger partial charge in [0.25, 0.3) is 5.89 Å². The predicted octanol–water partition coefficient (Wildman–Crippen LogP) is 3.38. The monoisotopic (exact) mass is 337 g/mol. The van der Waals surface area contributed by atoms with Crippen molar-refractivity contribution in [1.29, 1.82) is 0 Å². The molecule has 0 bridgehead atoms. The summed E-state index contributed by atoms with van der Waals surface area (Å²) in [7, 11) is 0. The first-order chi connectivity index (χ1) is 12.4. The van der Waals surface area contributed by atoms with E-state index in [0.717, 1.165) is 37.4 Å². The fourth-order valence-corrected chi connectivity index (χ4v) is 3.51. The molecule has 0 amide bonds. The number of likely N-dealkylation sites (tertiary alicyclic amines) is 1. The fraction of sp³-hybridized carbons (Fsp3) is 0.421. The van der Waals surface area contributed by atoms with Crippen molar-refractivity contribution in [2.45, 2.75) is 44.8 Å². The molecule has 0 aliphatic carbocycles. The van der Waals surface area contributed by atoms with Gasteiger partial charge in [-0.3, -0.25) is 4.90 Å². The third kappa shape index (κ3) is 3.96. The van der Waals surface area contributed by atoms with Gasteiger partial charge in [-0.15, -0.1) is 0 Å². The summed E-state index contributed by atoms with van der Waals surface area (Å²) >= 11 is 0. The summed E-state index contributed by atoms with van der Waals surface area (Å²) in [5.74, 6) is 1.37. The number of aryl methyl sites for hydroxylation is 1. The Morgan fingerprint density at radius 3 is 2.92 bits per heavy atom. The Labute approximate surface area is 147 Å². The Hall–Kier alpha value is -2.47. The summed E-state index contributed by atoms with van der Waals surface area (Å²) in [5, 5.41) is 4.19. The van der Waals surface area contributed by atoms with Crippen molar-refractivity contribution in [3.8, 4) is 11.5 Å². The van der Waals surface area contributed by atoms with Gasteiger partial charge >= 0.3 is 0 Å². The van der Waals surface area contributed by atoms with Crippen LogP contribution in [0.25, 0.3) is 11.5 Å². The molecule has 3 aromatic rings. The maximum absolute atomic E-state index is 5.45. The standard InChI is InChI=1S/C19H23N5O/c1-2-6-16(7-3-1)19-21-18(22-25-19)14-24-11-5-4-8-17(24)9-12-23-13-10-20-15-23/h1-3,6-7,10,13,15,17H,4-5,8-9,11-12,14H2/t17-/m1/s1. The molecule has 6 heteroatoms. The molecule has 1 aromatic carbocycles. The molecule has 0 unspecified atom stereocenters. The molecule has 4 rings (SSSR count). The largest absolute Gasteiger partial charge is 0.337 e. The van der Waals surface area contributed by atoms with Gasteiger partial charge in [-0.05, 0) is 37.9 Å². The molecular weight excluding hydrogens is 314 g/mol. The van der Waals surface area contributed by atoms with Gasteiger partial charge in [0.2, 0.25) is 0 Å². The first kappa shape index (κ1) is 16.0. The van der Waals surface area contributed by atoms with Crippen LogP contribution >= 0.6 is 0 Å². The Kier molecular flexibility index (Phi) is 4.88. The van der Waals surface area contributed by atoms with Crippen LogP contribution in [0, 0.1) is 0 Å². The molecule has 130 valence electrons. The molecule has 0 saturated carbocycles. The normalized spacial score (nSPS) is 18.5. The number of rotatable bonds is 6. The van der Waals surface area contributed by atoms with Crippen LogP contribution in [0.2, 0.25) is 0 Å². The van der Waals surface area contributed by atoms with Gasteiger partial charge in [0.05, 0.1) is 12.9 Å². The number of aromatic nitrogens is 4. The maximum atomic E-state index is 5.45. The molecule has 1 aliphatic rings. The number of hydrogen-bond donors (Lipinski definition) is 0. The summed E-state index contributed by atoms with van der Waals surface area (Å²) in [6.45, 7) is 2.86. The van der Waals surface area contributed by atoms with Crippen LogP contribution in [0.4, 0.5) is 0 Å². The van der Waals surface area contributed by atoms with Gasteiger partial charge in [0.1, 0.15) is 0 Å². The molecule has 3 heterocycles. The first-order valence-electron chi connectivity index (χ1n) is 8.96. The number of hydrogen-bond acceptors (Lipinski definition) is 5. The molecule has 0 spiro atoms. The molecule has 0 N–H and O–H groups in total. The van der Waals surface area contributed by atoms with Crippen molar-refractivity contribution in [3.05, 3.63) is 54.9 Å². The summed E-state index contributed by atoms with van der Waals surface area (Å²) in [5.41, 5.74) is 0.969. The lowest BCUT2D eigenvalue weighted by atomic mass is 9.99. The molecule has 0 radical (unpaired) electrons. The van der Waals surface area contributed by atoms with E-state index in [1.807, 2.05) is 49.1 Å². The minimum absolute atomic E-state index is 0.565. The molecule has 1 atom stereocenters. The van der Waals surface area contributed by atoms with Gasteiger partial charge in [-0.2, -0.15) is 4.98 Å². The highest BCUT2D eigenvalue weighted by Gasteiger charge is 2.24. The Morgan fingerprint density at radius 1 is 1.16 bits per heavy atom. The molecular formula is C19H23N5O. The minimum Gasteiger partial charge on any atom is -0.337 e. The maximum Gasteiger partial charge on any atom is 0.257 e. The van der Waals surface area contributed by atoms with E-state index >= 15 is 0 Å². The highest BCUT2D eigenvalue weighted by atomic mass is 16.5. The van der Waals surface area contributed by atoms with Gasteiger partial charge in [-0.25, -0.2) is 4.98 Å². The third-order valence-corrected chi connectivity index (χ3v) is 4.86. The van der Waals surface area contributed by atoms with Crippen LogP contribution in [-0.4, -0.2) is 37.2 Å². The summed E-state index contributed by atoms with van der Waals surface area (Å²) in [6, 6.07) is 10.5. The number of benzene rings is 1. The first-order valence-corrected chi connectivity index (χ1v) is 8.96. The minimum atomic E-state index is 0.565. The topological polar surface area (TPSA) is 60.0 Å². The van der Waals surface area contributed by atoms with E-state index in [0.29, 0.717) is 11.9 Å². The highest BCUT2D eigenvalue weighted by Crippen LogP contribution is 2.23. The Balaban J connectivity index is 1.40. The summed E-state index contributed by atoms with van der Waals surface area (Å²) in [6.07, 6.45) is 10.6. The van der Waals surface area contributed by atoms with Crippen molar-refractivity contribution in [1.82, 2.24) is 24.6 Å². The lowest BCUT2D eigenvalue weighted by Gasteiger charge is -2.35. The van der Waals surface area contributed by atoms with Crippen LogP contribution in [0.3, 0.4) is 0 Å². The SMILES string of the molecule is c1ccc(-c2nc(CN3CCCC[C@@H]3CCn3ccnc3)no2)cc1. The molecule has 2 aromatic heterocycles. The molecule has 6 nitrogen and oxygen atoms in total. The second-order valence-corrected chi connectivity index (χ2v) is 6.59. The van der Waals surface area contributed by atoms with Crippen LogP contribution in [0.5, 0.6) is 0 Å². The van der Waals surface area contributed by atoms with E-state index in [1.54, 1.807) is 0 Å². The number of piperidine rings is 1. The third-order valence-electron chi connectivity index (χ3n) is 4.86. The van der Waals surface area contributed by atoms with E-state index in [2.05, 4.69) is 24.6 Å². The Bertz CT molecular complexity index is 768. The van der Waals surface area contributed by atoms with E-state index in [9.17, 15) is 0 Å². The summed E-state index contributed by atoms with van der Waals surface area (Å²) in [4.78, 5) is 11.2. The van der Waals surface area contributed by atoms with Crippen molar-refractivity contribution in [3.63, 3.8) is 0 Å². The Morgan fingerprint density at radius 2 is 2.08 bits per heavy atom. The lowest BCUT2D eigenvalue weighted by Crippen LogP contribution is -2.39. The van der Waals surface area contributed by atoms with Gasteiger partial charge in [0.15, 0.2) is 5.82 Å². The zero-order valence-electron chi connectivity index (χ0n) is 14.3. The smallest absolute Gasteiger partial charge is 0.257 e. The van der Waals surface area contributed by atoms with Crippen LogP contribution < -0.4 is 0 Å². The van der Waals surface area contributed by atoms with E-state index in [4.69, 9.17) is 4.52 Å². The average molecular weight is 337 g/mol. The molecule has 1 aliphatic heterocycles. The van der Waals surface area contributed by atoms with E-state index in [-0.39, 0.29) is 0 Å². The van der Waals surface area contributed by atoms with E-state index in [1.165, 1.54) is 19.3 Å². The van der Waals surface area contributed by atoms with Gasteiger partial charge < -0.3 is 9.09 Å².